The second kappa shape index (κ2) is 12.0. The van der Waals surface area contributed by atoms with E-state index in [0.29, 0.717) is 11.0 Å². The molecule has 0 fully saturated rings. The number of benzene rings is 3. The number of carboxylic acid groups (broad SMARTS) is 1. The minimum absolute atomic E-state index is 0.177. The summed E-state index contributed by atoms with van der Waals surface area (Å²) in [5.41, 5.74) is -4.10. The van der Waals surface area contributed by atoms with Gasteiger partial charge in [0.25, 0.3) is 0 Å². The van der Waals surface area contributed by atoms with Gasteiger partial charge in [0.2, 0.25) is 11.8 Å². The van der Waals surface area contributed by atoms with Gasteiger partial charge in [0.1, 0.15) is 16.5 Å². The molecule has 0 saturated carbocycles. The Morgan fingerprint density at radius 2 is 1.44 bits per heavy atom. The quantitative estimate of drug-likeness (QED) is 0.127. The van der Waals surface area contributed by atoms with Gasteiger partial charge < -0.3 is 15.7 Å². The van der Waals surface area contributed by atoms with Crippen LogP contribution in [0.15, 0.2) is 71.6 Å². The number of aliphatic carboxylic acids is 1. The number of halogens is 7. The average Bonchev–Trinajstić information content (AvgIpc) is 2.87. The number of hydrogen-bond acceptors (Lipinski definition) is 4. The van der Waals surface area contributed by atoms with Crippen LogP contribution in [0.4, 0.5) is 42.1 Å². The predicted octanol–water partition coefficient (Wildman–Crippen LogP) is 6.31. The van der Waals surface area contributed by atoms with E-state index >= 15 is 0 Å². The molecule has 6 nitrogen and oxygen atoms in total. The molecule has 14 heteroatoms. The van der Waals surface area contributed by atoms with Gasteiger partial charge >= 0.3 is 12.1 Å². The molecule has 0 bridgehead atoms. The van der Waals surface area contributed by atoms with E-state index in [9.17, 15) is 45.1 Å². The maximum atomic E-state index is 14.4. The molecule has 0 aliphatic rings. The van der Waals surface area contributed by atoms with E-state index in [1.807, 2.05) is 0 Å². The Morgan fingerprint density at radius 1 is 0.821 bits per heavy atom. The molecule has 0 radical (unpaired) electrons. The number of carbonyl (C=O) groups is 3. The van der Waals surface area contributed by atoms with Gasteiger partial charge in [-0.3, -0.25) is 9.59 Å². The van der Waals surface area contributed by atoms with Crippen LogP contribution >= 0.6 is 11.8 Å². The Hall–Kier alpha value is -4.33. The number of carboxylic acids is 1. The third-order valence-corrected chi connectivity index (χ3v) is 6.12. The van der Waals surface area contributed by atoms with Crippen LogP contribution in [-0.4, -0.2) is 22.9 Å². The number of anilines is 2. The van der Waals surface area contributed by atoms with E-state index in [-0.39, 0.29) is 11.3 Å². The highest BCUT2D eigenvalue weighted by atomic mass is 32.2. The summed E-state index contributed by atoms with van der Waals surface area (Å²) in [6.07, 6.45) is -4.38. The second-order valence-electron chi connectivity index (χ2n) is 7.59. The molecule has 0 saturated heterocycles. The summed E-state index contributed by atoms with van der Waals surface area (Å²) >= 11 is 0.768. The van der Waals surface area contributed by atoms with Crippen molar-refractivity contribution in [1.82, 2.24) is 0 Å². The predicted molar refractivity (Wildman–Crippen MR) is 127 cm³/mol. The fourth-order valence-corrected chi connectivity index (χ4v) is 4.28. The molecule has 0 heterocycles. The smallest absolute Gasteiger partial charge is 0.422 e. The van der Waals surface area contributed by atoms with E-state index in [0.717, 1.165) is 17.8 Å². The van der Waals surface area contributed by atoms with Crippen molar-refractivity contribution in [2.75, 3.05) is 10.6 Å². The van der Waals surface area contributed by atoms with Crippen LogP contribution in [0.2, 0.25) is 0 Å². The van der Waals surface area contributed by atoms with Gasteiger partial charge in [-0.1, -0.05) is 36.4 Å². The Bertz CT molecular complexity index is 1420. The zero-order chi connectivity index (χ0) is 28.9. The first-order valence-electron chi connectivity index (χ1n) is 10.6. The summed E-state index contributed by atoms with van der Waals surface area (Å²) in [4.78, 5) is 35.8. The molecule has 0 aromatic heterocycles. The van der Waals surface area contributed by atoms with E-state index in [1.54, 1.807) is 11.4 Å². The Morgan fingerprint density at radius 3 is 2.00 bits per heavy atom. The minimum Gasteiger partial charge on any atom is -0.478 e. The Kier molecular flexibility index (Phi) is 9.01. The average molecular weight is 572 g/mol. The number of amides is 2. The van der Waals surface area contributed by atoms with Crippen LogP contribution in [-0.2, 0) is 20.6 Å². The van der Waals surface area contributed by atoms with Crippen LogP contribution < -0.4 is 10.6 Å². The topological polar surface area (TPSA) is 95.5 Å². The molecule has 204 valence electrons. The summed E-state index contributed by atoms with van der Waals surface area (Å²) in [5, 5.41) is 11.3. The molecule has 1 atom stereocenters. The molecule has 0 aliphatic heterocycles. The lowest BCUT2D eigenvalue weighted by molar-refractivity contribution is -0.143. The maximum Gasteiger partial charge on any atom is 0.422 e. The lowest BCUT2D eigenvalue weighted by Gasteiger charge is -2.19. The number of alkyl halides is 3. The molecule has 3 aromatic rings. The highest BCUT2D eigenvalue weighted by molar-refractivity contribution is 8.00. The molecule has 3 N–H and O–H groups in total. The van der Waals surface area contributed by atoms with Crippen LogP contribution in [0.1, 0.15) is 16.4 Å². The molecular formula is C25H15F7N2O4S. The zero-order valence-electron chi connectivity index (χ0n) is 19.2. The van der Waals surface area contributed by atoms with Gasteiger partial charge in [-0.15, -0.1) is 11.8 Å². The first-order chi connectivity index (χ1) is 18.3. The van der Waals surface area contributed by atoms with Crippen LogP contribution in [0.3, 0.4) is 0 Å². The SMILES string of the molecule is O=C(O)/C=C/C(=O)Nc1cccc(SC(C(=O)Nc2c(F)c(F)c(C(F)(F)F)c(F)c2F)c2ccccc2)c1. The normalized spacial score (nSPS) is 12.3. The molecule has 3 rings (SSSR count). The largest absolute Gasteiger partial charge is 0.478 e. The van der Waals surface area contributed by atoms with Gasteiger partial charge in [0.15, 0.2) is 23.3 Å². The summed E-state index contributed by atoms with van der Waals surface area (Å²) < 4.78 is 95.5. The fourth-order valence-electron chi connectivity index (χ4n) is 3.19. The van der Waals surface area contributed by atoms with E-state index in [2.05, 4.69) is 5.32 Å². The van der Waals surface area contributed by atoms with Crippen molar-refractivity contribution in [2.24, 2.45) is 0 Å². The molecule has 0 spiro atoms. The third kappa shape index (κ3) is 7.16. The lowest BCUT2D eigenvalue weighted by atomic mass is 10.1. The van der Waals surface area contributed by atoms with Gasteiger partial charge in [-0.05, 0) is 23.8 Å². The number of thioether (sulfide) groups is 1. The lowest BCUT2D eigenvalue weighted by Crippen LogP contribution is -2.23. The van der Waals surface area contributed by atoms with E-state index in [1.165, 1.54) is 48.5 Å². The molecular weight excluding hydrogens is 557 g/mol. The van der Waals surface area contributed by atoms with E-state index in [4.69, 9.17) is 5.11 Å². The molecule has 3 aromatic carbocycles. The number of carbonyl (C=O) groups excluding carboxylic acids is 2. The van der Waals surface area contributed by atoms with Crippen molar-refractivity contribution >= 4 is 40.9 Å². The van der Waals surface area contributed by atoms with Crippen LogP contribution in [0.5, 0.6) is 0 Å². The Labute approximate surface area is 219 Å². The summed E-state index contributed by atoms with van der Waals surface area (Å²) in [5.74, 6) is -13.7. The van der Waals surface area contributed by atoms with E-state index < -0.39 is 63.7 Å². The summed E-state index contributed by atoms with van der Waals surface area (Å²) in [6.45, 7) is 0. The van der Waals surface area contributed by atoms with Crippen molar-refractivity contribution in [1.29, 1.82) is 0 Å². The molecule has 39 heavy (non-hydrogen) atoms. The number of nitrogens with one attached hydrogen (secondary N) is 2. The fraction of sp³-hybridized carbons (Fsp3) is 0.0800. The highest BCUT2D eigenvalue weighted by Gasteiger charge is 2.42. The standard InChI is InChI=1S/C25H15F7N2O4S/c26-18-17(25(30,31)32)19(27)21(29)22(20(18)28)34-24(38)23(12-5-2-1-3-6-12)39-14-8-4-7-13(11-14)33-15(35)9-10-16(36)37/h1-11,23H,(H,33,35)(H,34,38)(H,36,37)/b10-9+. The summed E-state index contributed by atoms with van der Waals surface area (Å²) in [7, 11) is 0. The van der Waals surface area contributed by atoms with Crippen molar-refractivity contribution in [3.05, 3.63) is 101 Å². The van der Waals surface area contributed by atoms with Crippen LogP contribution in [0.25, 0.3) is 0 Å². The minimum atomic E-state index is -5.75. The van der Waals surface area contributed by atoms with Crippen molar-refractivity contribution in [3.8, 4) is 0 Å². The van der Waals surface area contributed by atoms with Gasteiger partial charge in [0.05, 0.1) is 0 Å². The molecule has 0 aliphatic carbocycles. The van der Waals surface area contributed by atoms with Gasteiger partial charge in [-0.2, -0.15) is 13.2 Å². The molecule has 2 amide bonds. The Balaban J connectivity index is 1.94. The monoisotopic (exact) mass is 572 g/mol. The first kappa shape index (κ1) is 29.2. The number of rotatable bonds is 8. The molecule has 1 unspecified atom stereocenters. The van der Waals surface area contributed by atoms with Gasteiger partial charge in [-0.25, -0.2) is 22.4 Å². The maximum absolute atomic E-state index is 14.4. The third-order valence-electron chi connectivity index (χ3n) is 4.87. The van der Waals surface area contributed by atoms with Crippen molar-refractivity contribution in [2.45, 2.75) is 16.3 Å². The van der Waals surface area contributed by atoms with Gasteiger partial charge in [0, 0.05) is 22.7 Å². The summed E-state index contributed by atoms with van der Waals surface area (Å²) in [6, 6.07) is 13.3. The first-order valence-corrected chi connectivity index (χ1v) is 11.4. The van der Waals surface area contributed by atoms with Crippen molar-refractivity contribution in [3.63, 3.8) is 0 Å². The van der Waals surface area contributed by atoms with Crippen LogP contribution in [0, 0.1) is 23.3 Å². The number of hydrogen-bond donors (Lipinski definition) is 3. The zero-order valence-corrected chi connectivity index (χ0v) is 20.0. The second-order valence-corrected chi connectivity index (χ2v) is 8.77. The van der Waals surface area contributed by atoms with Crippen molar-refractivity contribution < 1.29 is 50.2 Å². The highest BCUT2D eigenvalue weighted by Crippen LogP contribution is 2.40.